The molecule has 0 atom stereocenters. The molecule has 2 heterocycles. The first-order chi connectivity index (χ1) is 7.07. The Morgan fingerprint density at radius 1 is 1.20 bits per heavy atom. The first-order valence-corrected chi connectivity index (χ1v) is 4.74. The Bertz CT molecular complexity index is 452. The molecule has 0 unspecified atom stereocenters. The van der Waals surface area contributed by atoms with Crippen molar-refractivity contribution in [2.75, 3.05) is 0 Å². The van der Waals surface area contributed by atoms with Crippen LogP contribution in [0.3, 0.4) is 0 Å². The van der Waals surface area contributed by atoms with Gasteiger partial charge in [-0.2, -0.15) is 13.2 Å². The third-order valence-electron chi connectivity index (χ3n) is 1.67. The number of nitrogens with zero attached hydrogens (tertiary/aromatic N) is 3. The van der Waals surface area contributed by atoms with Gasteiger partial charge in [0.25, 0.3) is 0 Å². The number of rotatable bonds is 1. The van der Waals surface area contributed by atoms with Crippen molar-refractivity contribution in [1.29, 1.82) is 0 Å². The number of hydrogen-bond donors (Lipinski definition) is 0. The van der Waals surface area contributed by atoms with Crippen molar-refractivity contribution >= 4 is 11.3 Å². The molecule has 15 heavy (non-hydrogen) atoms. The molecule has 0 aliphatic rings. The van der Waals surface area contributed by atoms with Crippen LogP contribution in [0.2, 0.25) is 0 Å². The van der Waals surface area contributed by atoms with Crippen LogP contribution >= 0.6 is 11.3 Å². The molecule has 2 aromatic rings. The van der Waals surface area contributed by atoms with Crippen molar-refractivity contribution in [1.82, 2.24) is 15.2 Å². The average Bonchev–Trinajstić information content (AvgIpc) is 2.69. The van der Waals surface area contributed by atoms with Gasteiger partial charge in [-0.05, 0) is 6.07 Å². The van der Waals surface area contributed by atoms with E-state index in [0.29, 0.717) is 10.6 Å². The fourth-order valence-electron chi connectivity index (χ4n) is 1.01. The van der Waals surface area contributed by atoms with Crippen molar-refractivity contribution < 1.29 is 13.2 Å². The summed E-state index contributed by atoms with van der Waals surface area (Å²) in [4.78, 5) is 3.53. The summed E-state index contributed by atoms with van der Waals surface area (Å²) in [6.07, 6.45) is -2.27. The Kier molecular flexibility index (Phi) is 2.39. The summed E-state index contributed by atoms with van der Waals surface area (Å²) in [5.41, 5.74) is 0.998. The molecule has 0 spiro atoms. The minimum absolute atomic E-state index is 0.326. The van der Waals surface area contributed by atoms with E-state index in [4.69, 9.17) is 0 Å². The van der Waals surface area contributed by atoms with Gasteiger partial charge >= 0.3 is 6.18 Å². The Hall–Kier alpha value is -1.50. The van der Waals surface area contributed by atoms with Crippen LogP contribution in [-0.4, -0.2) is 15.2 Å². The van der Waals surface area contributed by atoms with Gasteiger partial charge < -0.3 is 0 Å². The van der Waals surface area contributed by atoms with E-state index < -0.39 is 11.7 Å². The quantitative estimate of drug-likeness (QED) is 0.757. The van der Waals surface area contributed by atoms with E-state index >= 15 is 0 Å². The zero-order valence-corrected chi connectivity index (χ0v) is 8.01. The molecule has 0 bridgehead atoms. The van der Waals surface area contributed by atoms with Gasteiger partial charge in [0, 0.05) is 18.0 Å². The summed E-state index contributed by atoms with van der Waals surface area (Å²) in [6.45, 7) is 0. The lowest BCUT2D eigenvalue weighted by atomic mass is 10.2. The highest BCUT2D eigenvalue weighted by molar-refractivity contribution is 7.12. The maximum Gasteiger partial charge on any atom is 0.417 e. The van der Waals surface area contributed by atoms with Gasteiger partial charge in [0.05, 0.1) is 5.56 Å². The van der Waals surface area contributed by atoms with Crippen LogP contribution < -0.4 is 0 Å². The summed E-state index contributed by atoms with van der Waals surface area (Å²) in [5.74, 6) is 0. The third kappa shape index (κ3) is 2.12. The summed E-state index contributed by atoms with van der Waals surface area (Å²) in [6, 6.07) is 1.01. The van der Waals surface area contributed by atoms with Gasteiger partial charge in [0.1, 0.15) is 10.5 Å². The molecular formula is C8H4F3N3S. The number of alkyl halides is 3. The molecule has 0 N–H and O–H groups in total. The second-order valence-corrected chi connectivity index (χ2v) is 3.54. The minimum atomic E-state index is -4.38. The molecule has 3 nitrogen and oxygen atoms in total. The van der Waals surface area contributed by atoms with Crippen LogP contribution in [0.1, 0.15) is 5.56 Å². The smallest absolute Gasteiger partial charge is 0.263 e. The summed E-state index contributed by atoms with van der Waals surface area (Å²) in [7, 11) is 0. The van der Waals surface area contributed by atoms with Crippen LogP contribution in [0, 0.1) is 0 Å². The highest BCUT2D eigenvalue weighted by Gasteiger charge is 2.31. The fraction of sp³-hybridized carbons (Fsp3) is 0.125. The Labute approximate surface area is 86.6 Å². The highest BCUT2D eigenvalue weighted by Crippen LogP contribution is 2.31. The number of aromatic nitrogens is 3. The molecule has 0 saturated heterocycles. The van der Waals surface area contributed by atoms with Crippen LogP contribution in [-0.2, 0) is 6.18 Å². The van der Waals surface area contributed by atoms with E-state index in [1.54, 1.807) is 0 Å². The largest absolute Gasteiger partial charge is 0.417 e. The van der Waals surface area contributed by atoms with Crippen LogP contribution in [0.15, 0.2) is 24.0 Å². The van der Waals surface area contributed by atoms with Crippen molar-refractivity contribution in [3.8, 4) is 10.6 Å². The average molecular weight is 231 g/mol. The van der Waals surface area contributed by atoms with E-state index in [2.05, 4.69) is 15.2 Å². The highest BCUT2D eigenvalue weighted by atomic mass is 32.1. The molecule has 2 rings (SSSR count). The number of hydrogen-bond acceptors (Lipinski definition) is 4. The lowest BCUT2D eigenvalue weighted by molar-refractivity contribution is -0.137. The summed E-state index contributed by atoms with van der Waals surface area (Å²) >= 11 is 1.17. The predicted octanol–water partition coefficient (Wildman–Crippen LogP) is 2.62. The molecule has 7 heteroatoms. The van der Waals surface area contributed by atoms with Gasteiger partial charge in [-0.25, -0.2) is 0 Å². The Morgan fingerprint density at radius 3 is 2.60 bits per heavy atom. The normalized spacial score (nSPS) is 11.7. The standard InChI is InChI=1S/C8H4F3N3S/c9-8(10,11)6-1-5(2-12-3-6)7-14-13-4-15-7/h1-4H. The first kappa shape index (κ1) is 10.0. The van der Waals surface area contributed by atoms with E-state index in [1.165, 1.54) is 23.0 Å². The van der Waals surface area contributed by atoms with Gasteiger partial charge in [-0.1, -0.05) is 11.3 Å². The third-order valence-corrected chi connectivity index (χ3v) is 2.41. The first-order valence-electron chi connectivity index (χ1n) is 3.86. The molecule has 0 saturated carbocycles. The molecular weight excluding hydrogens is 227 g/mol. The Balaban J connectivity index is 2.44. The molecule has 0 aromatic carbocycles. The zero-order chi connectivity index (χ0) is 10.9. The van der Waals surface area contributed by atoms with Crippen molar-refractivity contribution in [3.05, 3.63) is 29.5 Å². The summed E-state index contributed by atoms with van der Waals surface area (Å²) < 4.78 is 37.0. The number of halogens is 3. The Morgan fingerprint density at radius 2 is 2.00 bits per heavy atom. The topological polar surface area (TPSA) is 38.7 Å². The lowest BCUT2D eigenvalue weighted by Gasteiger charge is -2.06. The molecule has 78 valence electrons. The molecule has 0 amide bonds. The molecule has 0 aliphatic heterocycles. The van der Waals surface area contributed by atoms with E-state index in [9.17, 15) is 13.2 Å². The van der Waals surface area contributed by atoms with Crippen LogP contribution in [0.25, 0.3) is 10.6 Å². The second kappa shape index (κ2) is 3.58. The molecule has 0 radical (unpaired) electrons. The van der Waals surface area contributed by atoms with Crippen LogP contribution in [0.4, 0.5) is 13.2 Å². The maximum absolute atomic E-state index is 12.3. The fourth-order valence-corrected chi connectivity index (χ4v) is 1.55. The van der Waals surface area contributed by atoms with Crippen molar-refractivity contribution in [2.45, 2.75) is 6.18 Å². The van der Waals surface area contributed by atoms with Gasteiger partial charge in [0.2, 0.25) is 0 Å². The SMILES string of the molecule is FC(F)(F)c1cncc(-c2nncs2)c1. The zero-order valence-electron chi connectivity index (χ0n) is 7.19. The van der Waals surface area contributed by atoms with Crippen LogP contribution in [0.5, 0.6) is 0 Å². The maximum atomic E-state index is 12.3. The lowest BCUT2D eigenvalue weighted by Crippen LogP contribution is -2.05. The molecule has 0 aliphatic carbocycles. The second-order valence-electron chi connectivity index (χ2n) is 2.70. The summed E-state index contributed by atoms with van der Waals surface area (Å²) in [5, 5.41) is 7.65. The minimum Gasteiger partial charge on any atom is -0.263 e. The van der Waals surface area contributed by atoms with Gasteiger partial charge in [-0.15, -0.1) is 10.2 Å². The van der Waals surface area contributed by atoms with Gasteiger partial charge in [0.15, 0.2) is 0 Å². The monoisotopic (exact) mass is 231 g/mol. The van der Waals surface area contributed by atoms with Crippen molar-refractivity contribution in [3.63, 3.8) is 0 Å². The van der Waals surface area contributed by atoms with Crippen molar-refractivity contribution in [2.24, 2.45) is 0 Å². The van der Waals surface area contributed by atoms with E-state index in [1.807, 2.05) is 0 Å². The van der Waals surface area contributed by atoms with E-state index in [0.717, 1.165) is 12.3 Å². The predicted molar refractivity (Wildman–Crippen MR) is 48.1 cm³/mol. The van der Waals surface area contributed by atoms with E-state index in [-0.39, 0.29) is 0 Å². The molecule has 0 fully saturated rings. The van der Waals surface area contributed by atoms with Gasteiger partial charge in [-0.3, -0.25) is 4.98 Å². The molecule has 2 aromatic heterocycles. The number of pyridine rings is 1.